The number of benzene rings is 1. The fourth-order valence-electron chi connectivity index (χ4n) is 1.41. The van der Waals surface area contributed by atoms with Crippen molar-refractivity contribution in [1.29, 1.82) is 5.26 Å². The lowest BCUT2D eigenvalue weighted by Crippen LogP contribution is -1.94. The second kappa shape index (κ2) is 4.09. The average Bonchev–Trinajstić information content (AvgIpc) is 2.16. The van der Waals surface area contributed by atoms with Gasteiger partial charge in [-0.2, -0.15) is 5.26 Å². The van der Waals surface area contributed by atoms with Gasteiger partial charge in [-0.3, -0.25) is 0 Å². The maximum absolute atomic E-state index is 8.88. The van der Waals surface area contributed by atoms with Gasteiger partial charge in [-0.1, -0.05) is 32.9 Å². The molecule has 0 saturated carbocycles. The van der Waals surface area contributed by atoms with E-state index in [0.717, 1.165) is 12.0 Å². The lowest BCUT2D eigenvalue weighted by molar-refractivity contribution is 0.858. The van der Waals surface area contributed by atoms with Crippen molar-refractivity contribution in [3.63, 3.8) is 0 Å². The highest BCUT2D eigenvalue weighted by Crippen LogP contribution is 2.20. The zero-order chi connectivity index (χ0) is 9.84. The van der Waals surface area contributed by atoms with Crippen molar-refractivity contribution in [2.24, 2.45) is 0 Å². The summed E-state index contributed by atoms with van der Waals surface area (Å²) in [6, 6.07) is 8.33. The molecule has 0 atom stereocenters. The third-order valence-electron chi connectivity index (χ3n) is 2.27. The summed E-state index contributed by atoms with van der Waals surface area (Å²) in [5, 5.41) is 8.88. The van der Waals surface area contributed by atoms with Gasteiger partial charge in [-0.25, -0.2) is 0 Å². The smallest absolute Gasteiger partial charge is 0.0994 e. The minimum atomic E-state index is 0.432. The maximum atomic E-state index is 8.88. The molecule has 1 aromatic rings. The molecule has 1 heteroatoms. The highest BCUT2D eigenvalue weighted by molar-refractivity contribution is 5.41. The third kappa shape index (κ3) is 2.09. The Kier molecular flexibility index (Phi) is 3.08. The Morgan fingerprint density at radius 3 is 2.54 bits per heavy atom. The van der Waals surface area contributed by atoms with Gasteiger partial charge in [0.2, 0.25) is 0 Å². The van der Waals surface area contributed by atoms with E-state index in [2.05, 4.69) is 32.9 Å². The fourth-order valence-corrected chi connectivity index (χ4v) is 1.41. The molecule has 0 amide bonds. The van der Waals surface area contributed by atoms with E-state index in [9.17, 15) is 0 Å². The summed E-state index contributed by atoms with van der Waals surface area (Å²) in [7, 11) is 0. The summed E-state index contributed by atoms with van der Waals surface area (Å²) in [6.07, 6.45) is 1.03. The van der Waals surface area contributed by atoms with E-state index in [1.165, 1.54) is 11.1 Å². The van der Waals surface area contributed by atoms with Crippen LogP contribution in [0, 0.1) is 11.3 Å². The van der Waals surface area contributed by atoms with Gasteiger partial charge < -0.3 is 0 Å². The van der Waals surface area contributed by atoms with Crippen LogP contribution in [0.15, 0.2) is 18.2 Å². The van der Waals surface area contributed by atoms with E-state index >= 15 is 0 Å². The highest BCUT2D eigenvalue weighted by atomic mass is 14.2. The minimum Gasteiger partial charge on any atom is -0.192 e. The Morgan fingerprint density at radius 2 is 2.08 bits per heavy atom. The quantitative estimate of drug-likeness (QED) is 0.673. The number of hydrogen-bond acceptors (Lipinski definition) is 1. The maximum Gasteiger partial charge on any atom is 0.0994 e. The van der Waals surface area contributed by atoms with Crippen LogP contribution in [-0.2, 0) is 6.42 Å². The van der Waals surface area contributed by atoms with Crippen LogP contribution in [0.3, 0.4) is 0 Å². The predicted octanol–water partition coefficient (Wildman–Crippen LogP) is 3.24. The van der Waals surface area contributed by atoms with E-state index in [1.54, 1.807) is 0 Å². The van der Waals surface area contributed by atoms with Crippen molar-refractivity contribution in [1.82, 2.24) is 0 Å². The van der Waals surface area contributed by atoms with Crippen molar-refractivity contribution in [3.8, 4) is 6.07 Å². The van der Waals surface area contributed by atoms with E-state index in [4.69, 9.17) is 5.26 Å². The number of nitrogens with zero attached hydrogens (tertiary/aromatic N) is 1. The first-order valence-electron chi connectivity index (χ1n) is 4.72. The molecule has 0 aliphatic rings. The van der Waals surface area contributed by atoms with Crippen molar-refractivity contribution in [2.75, 3.05) is 0 Å². The first-order chi connectivity index (χ1) is 6.19. The van der Waals surface area contributed by atoms with E-state index in [0.29, 0.717) is 5.92 Å². The Bertz CT molecular complexity index is 331. The number of rotatable bonds is 2. The van der Waals surface area contributed by atoms with Gasteiger partial charge in [0, 0.05) is 0 Å². The molecule has 0 spiro atoms. The van der Waals surface area contributed by atoms with E-state index in [-0.39, 0.29) is 0 Å². The van der Waals surface area contributed by atoms with Crippen molar-refractivity contribution < 1.29 is 0 Å². The molecule has 0 N–H and O–H groups in total. The van der Waals surface area contributed by atoms with Crippen molar-refractivity contribution >= 4 is 0 Å². The van der Waals surface area contributed by atoms with Crippen LogP contribution in [0.2, 0.25) is 0 Å². The average molecular weight is 173 g/mol. The molecule has 1 nitrogen and oxygen atoms in total. The van der Waals surface area contributed by atoms with Crippen LogP contribution in [0.4, 0.5) is 0 Å². The number of hydrogen-bond donors (Lipinski definition) is 0. The molecule has 0 bridgehead atoms. The molecule has 0 saturated heterocycles. The SMILES string of the molecule is CCc1ccc(C#N)c(C(C)C)c1. The largest absolute Gasteiger partial charge is 0.192 e. The standard InChI is InChI=1S/C12H15N/c1-4-10-5-6-11(8-13)12(7-10)9(2)3/h5-7,9H,4H2,1-3H3. The highest BCUT2D eigenvalue weighted by Gasteiger charge is 2.06. The zero-order valence-corrected chi connectivity index (χ0v) is 8.46. The summed E-state index contributed by atoms with van der Waals surface area (Å²) >= 11 is 0. The predicted molar refractivity (Wildman–Crippen MR) is 54.6 cm³/mol. The van der Waals surface area contributed by atoms with Crippen molar-refractivity contribution in [3.05, 3.63) is 34.9 Å². The lowest BCUT2D eigenvalue weighted by Gasteiger charge is -2.09. The van der Waals surface area contributed by atoms with E-state index in [1.807, 2.05) is 12.1 Å². The Morgan fingerprint density at radius 1 is 1.38 bits per heavy atom. The molecule has 1 aromatic carbocycles. The molecule has 13 heavy (non-hydrogen) atoms. The van der Waals surface area contributed by atoms with Gasteiger partial charge in [0.15, 0.2) is 0 Å². The van der Waals surface area contributed by atoms with Crippen LogP contribution >= 0.6 is 0 Å². The molecule has 0 fully saturated rings. The Hall–Kier alpha value is -1.29. The third-order valence-corrected chi connectivity index (χ3v) is 2.27. The first kappa shape index (κ1) is 9.80. The number of aryl methyl sites for hydroxylation is 1. The number of nitriles is 1. The molecule has 1 rings (SSSR count). The van der Waals surface area contributed by atoms with Gasteiger partial charge in [-0.05, 0) is 29.5 Å². The van der Waals surface area contributed by atoms with Gasteiger partial charge in [0.1, 0.15) is 0 Å². The molecule has 0 heterocycles. The van der Waals surface area contributed by atoms with Gasteiger partial charge in [0.25, 0.3) is 0 Å². The molecule has 0 unspecified atom stereocenters. The molecule has 0 aromatic heterocycles. The zero-order valence-electron chi connectivity index (χ0n) is 8.46. The summed E-state index contributed by atoms with van der Waals surface area (Å²) in [5.74, 6) is 0.432. The van der Waals surface area contributed by atoms with Crippen LogP contribution in [-0.4, -0.2) is 0 Å². The summed E-state index contributed by atoms with van der Waals surface area (Å²) in [5.41, 5.74) is 3.29. The minimum absolute atomic E-state index is 0.432. The van der Waals surface area contributed by atoms with Crippen LogP contribution in [0.5, 0.6) is 0 Å². The monoisotopic (exact) mass is 173 g/mol. The molecular weight excluding hydrogens is 158 g/mol. The van der Waals surface area contributed by atoms with Crippen molar-refractivity contribution in [2.45, 2.75) is 33.1 Å². The van der Waals surface area contributed by atoms with Crippen LogP contribution in [0.1, 0.15) is 43.4 Å². The normalized spacial score (nSPS) is 10.1. The molecule has 0 aliphatic heterocycles. The summed E-state index contributed by atoms with van der Waals surface area (Å²) in [6.45, 7) is 6.37. The van der Waals surface area contributed by atoms with Crippen LogP contribution in [0.25, 0.3) is 0 Å². The molecule has 0 aliphatic carbocycles. The molecule has 68 valence electrons. The molecule has 0 radical (unpaired) electrons. The van der Waals surface area contributed by atoms with Gasteiger partial charge >= 0.3 is 0 Å². The van der Waals surface area contributed by atoms with Gasteiger partial charge in [-0.15, -0.1) is 0 Å². The van der Waals surface area contributed by atoms with Gasteiger partial charge in [0.05, 0.1) is 11.6 Å². The van der Waals surface area contributed by atoms with E-state index < -0.39 is 0 Å². The lowest BCUT2D eigenvalue weighted by atomic mass is 9.95. The Balaban J connectivity index is 3.20. The second-order valence-corrected chi connectivity index (χ2v) is 3.54. The first-order valence-corrected chi connectivity index (χ1v) is 4.72. The summed E-state index contributed by atoms with van der Waals surface area (Å²) < 4.78 is 0. The topological polar surface area (TPSA) is 23.8 Å². The van der Waals surface area contributed by atoms with Crippen LogP contribution < -0.4 is 0 Å². The second-order valence-electron chi connectivity index (χ2n) is 3.54. The molecular formula is C12H15N. The Labute approximate surface area is 80.0 Å². The summed E-state index contributed by atoms with van der Waals surface area (Å²) in [4.78, 5) is 0. The fraction of sp³-hybridized carbons (Fsp3) is 0.417.